The van der Waals surface area contributed by atoms with Gasteiger partial charge in [0, 0.05) is 30.3 Å². The number of carbonyl (C=O) groups excluding carboxylic acids is 1. The second-order valence-electron chi connectivity index (χ2n) is 4.80. The number of ether oxygens (including phenoxy) is 1. The van der Waals surface area contributed by atoms with Crippen LogP contribution in [0, 0.1) is 5.92 Å². The van der Waals surface area contributed by atoms with Gasteiger partial charge in [-0.15, -0.1) is 0 Å². The van der Waals surface area contributed by atoms with Crippen molar-refractivity contribution < 1.29 is 9.53 Å². The Morgan fingerprint density at radius 2 is 2.45 bits per heavy atom. The smallest absolute Gasteiger partial charge is 0.225 e. The molecule has 1 unspecified atom stereocenters. The maximum absolute atomic E-state index is 12.0. The standard InChI is InChI=1S/C15H16N2O2S/c18-15(12-3-6-19-9-12)17-8-11-2-1-5-16-14(11)13-4-7-20-10-13/h1-2,4-5,7,10,12H,3,6,8-9H2,(H,17,18). The van der Waals surface area contributed by atoms with E-state index in [4.69, 9.17) is 4.74 Å². The Balaban J connectivity index is 1.70. The van der Waals surface area contributed by atoms with Crippen molar-refractivity contribution in [2.24, 2.45) is 5.92 Å². The van der Waals surface area contributed by atoms with Crippen molar-refractivity contribution in [3.63, 3.8) is 0 Å². The van der Waals surface area contributed by atoms with Crippen LogP contribution in [0.25, 0.3) is 11.3 Å². The fourth-order valence-corrected chi connectivity index (χ4v) is 2.95. The maximum atomic E-state index is 12.0. The number of nitrogens with one attached hydrogen (secondary N) is 1. The summed E-state index contributed by atoms with van der Waals surface area (Å²) < 4.78 is 5.24. The van der Waals surface area contributed by atoms with Crippen molar-refractivity contribution in [3.8, 4) is 11.3 Å². The van der Waals surface area contributed by atoms with Crippen LogP contribution in [0.5, 0.6) is 0 Å². The van der Waals surface area contributed by atoms with Gasteiger partial charge in [0.05, 0.1) is 18.2 Å². The largest absolute Gasteiger partial charge is 0.381 e. The van der Waals surface area contributed by atoms with Crippen molar-refractivity contribution in [1.82, 2.24) is 10.3 Å². The highest BCUT2D eigenvalue weighted by molar-refractivity contribution is 7.08. The summed E-state index contributed by atoms with van der Waals surface area (Å²) in [5.74, 6) is 0.0684. The van der Waals surface area contributed by atoms with E-state index in [1.807, 2.05) is 23.6 Å². The van der Waals surface area contributed by atoms with E-state index in [-0.39, 0.29) is 11.8 Å². The predicted molar refractivity (Wildman–Crippen MR) is 78.3 cm³/mol. The topological polar surface area (TPSA) is 51.2 Å². The molecular weight excluding hydrogens is 272 g/mol. The number of amides is 1. The van der Waals surface area contributed by atoms with E-state index in [0.717, 1.165) is 23.2 Å². The molecule has 1 aliphatic heterocycles. The van der Waals surface area contributed by atoms with Gasteiger partial charge in [-0.1, -0.05) is 6.07 Å². The molecule has 3 rings (SSSR count). The minimum Gasteiger partial charge on any atom is -0.381 e. The zero-order valence-corrected chi connectivity index (χ0v) is 11.9. The second kappa shape index (κ2) is 6.15. The van der Waals surface area contributed by atoms with Gasteiger partial charge in [-0.05, 0) is 29.5 Å². The zero-order chi connectivity index (χ0) is 13.8. The van der Waals surface area contributed by atoms with Gasteiger partial charge in [0.25, 0.3) is 0 Å². The fraction of sp³-hybridized carbons (Fsp3) is 0.333. The molecule has 20 heavy (non-hydrogen) atoms. The van der Waals surface area contributed by atoms with Crippen LogP contribution in [0.15, 0.2) is 35.2 Å². The van der Waals surface area contributed by atoms with E-state index >= 15 is 0 Å². The normalized spacial score (nSPS) is 18.1. The maximum Gasteiger partial charge on any atom is 0.225 e. The van der Waals surface area contributed by atoms with Gasteiger partial charge in [-0.3, -0.25) is 9.78 Å². The summed E-state index contributed by atoms with van der Waals surface area (Å²) in [6.45, 7) is 1.73. The van der Waals surface area contributed by atoms with Crippen LogP contribution < -0.4 is 5.32 Å². The van der Waals surface area contributed by atoms with Crippen LogP contribution in [0.1, 0.15) is 12.0 Å². The Kier molecular flexibility index (Phi) is 4.08. The number of pyridine rings is 1. The van der Waals surface area contributed by atoms with E-state index in [1.54, 1.807) is 17.5 Å². The van der Waals surface area contributed by atoms with Gasteiger partial charge in [0.2, 0.25) is 5.91 Å². The second-order valence-corrected chi connectivity index (χ2v) is 5.58. The van der Waals surface area contributed by atoms with Crippen molar-refractivity contribution in [2.45, 2.75) is 13.0 Å². The molecule has 0 bridgehead atoms. The van der Waals surface area contributed by atoms with Gasteiger partial charge in [0.1, 0.15) is 0 Å². The monoisotopic (exact) mass is 288 g/mol. The Morgan fingerprint density at radius 3 is 3.20 bits per heavy atom. The molecule has 1 fully saturated rings. The summed E-state index contributed by atoms with van der Waals surface area (Å²) in [7, 11) is 0. The Bertz CT molecular complexity index is 577. The molecule has 1 atom stereocenters. The lowest BCUT2D eigenvalue weighted by atomic mass is 10.1. The average molecular weight is 288 g/mol. The Morgan fingerprint density at radius 1 is 1.50 bits per heavy atom. The van der Waals surface area contributed by atoms with Gasteiger partial charge in [-0.2, -0.15) is 11.3 Å². The predicted octanol–water partition coefficient (Wildman–Crippen LogP) is 2.46. The number of rotatable bonds is 4. The third-order valence-electron chi connectivity index (χ3n) is 3.44. The molecule has 1 aliphatic rings. The van der Waals surface area contributed by atoms with Gasteiger partial charge in [0.15, 0.2) is 0 Å². The molecule has 0 aromatic carbocycles. The van der Waals surface area contributed by atoms with Gasteiger partial charge >= 0.3 is 0 Å². The van der Waals surface area contributed by atoms with E-state index in [2.05, 4.69) is 15.7 Å². The van der Waals surface area contributed by atoms with Crippen LogP contribution in [-0.4, -0.2) is 24.1 Å². The molecule has 0 spiro atoms. The first-order chi connectivity index (χ1) is 9.84. The SMILES string of the molecule is O=C(NCc1cccnc1-c1ccsc1)C1CCOC1. The van der Waals surface area contributed by atoms with Gasteiger partial charge in [-0.25, -0.2) is 0 Å². The minimum atomic E-state index is -0.00345. The number of aromatic nitrogens is 1. The summed E-state index contributed by atoms with van der Waals surface area (Å²) >= 11 is 1.64. The molecule has 4 nitrogen and oxygen atoms in total. The molecular formula is C15H16N2O2S. The lowest BCUT2D eigenvalue weighted by molar-refractivity contribution is -0.125. The van der Waals surface area contributed by atoms with E-state index in [1.165, 1.54) is 0 Å². The van der Waals surface area contributed by atoms with Crippen molar-refractivity contribution in [3.05, 3.63) is 40.7 Å². The third-order valence-corrected chi connectivity index (χ3v) is 4.12. The molecule has 0 saturated carbocycles. The molecule has 104 valence electrons. The summed E-state index contributed by atoms with van der Waals surface area (Å²) in [6, 6.07) is 5.95. The van der Waals surface area contributed by atoms with Crippen LogP contribution in [0.2, 0.25) is 0 Å². The highest BCUT2D eigenvalue weighted by Crippen LogP contribution is 2.23. The molecule has 3 heterocycles. The molecule has 1 saturated heterocycles. The summed E-state index contributed by atoms with van der Waals surface area (Å²) in [4.78, 5) is 16.4. The lowest BCUT2D eigenvalue weighted by Crippen LogP contribution is -2.30. The van der Waals surface area contributed by atoms with E-state index in [9.17, 15) is 4.79 Å². The Hall–Kier alpha value is -1.72. The molecule has 1 amide bonds. The molecule has 5 heteroatoms. The van der Waals surface area contributed by atoms with Gasteiger partial charge < -0.3 is 10.1 Å². The summed E-state index contributed by atoms with van der Waals surface area (Å²) in [6.07, 6.45) is 2.60. The van der Waals surface area contributed by atoms with Crippen LogP contribution in [-0.2, 0) is 16.1 Å². The number of nitrogens with zero attached hydrogens (tertiary/aromatic N) is 1. The summed E-state index contributed by atoms with van der Waals surface area (Å²) in [5.41, 5.74) is 3.08. The minimum absolute atomic E-state index is 0.00345. The van der Waals surface area contributed by atoms with Crippen molar-refractivity contribution >= 4 is 17.2 Å². The van der Waals surface area contributed by atoms with Crippen LogP contribution in [0.4, 0.5) is 0 Å². The number of carbonyl (C=O) groups is 1. The third kappa shape index (κ3) is 2.89. The highest BCUT2D eigenvalue weighted by Gasteiger charge is 2.23. The Labute approximate surface area is 121 Å². The first kappa shape index (κ1) is 13.3. The average Bonchev–Trinajstić information content (AvgIpc) is 3.17. The molecule has 2 aromatic heterocycles. The van der Waals surface area contributed by atoms with Crippen molar-refractivity contribution in [2.75, 3.05) is 13.2 Å². The summed E-state index contributed by atoms with van der Waals surface area (Å²) in [5, 5.41) is 7.09. The van der Waals surface area contributed by atoms with Crippen LogP contribution >= 0.6 is 11.3 Å². The quantitative estimate of drug-likeness (QED) is 0.940. The fourth-order valence-electron chi connectivity index (χ4n) is 2.31. The first-order valence-corrected chi connectivity index (χ1v) is 7.61. The molecule has 1 N–H and O–H groups in total. The van der Waals surface area contributed by atoms with Crippen LogP contribution in [0.3, 0.4) is 0 Å². The highest BCUT2D eigenvalue weighted by atomic mass is 32.1. The number of hydrogen-bond acceptors (Lipinski definition) is 4. The van der Waals surface area contributed by atoms with E-state index in [0.29, 0.717) is 19.8 Å². The lowest BCUT2D eigenvalue weighted by Gasteiger charge is -2.11. The number of thiophene rings is 1. The number of hydrogen-bond donors (Lipinski definition) is 1. The molecule has 0 radical (unpaired) electrons. The van der Waals surface area contributed by atoms with Crippen molar-refractivity contribution in [1.29, 1.82) is 0 Å². The van der Waals surface area contributed by atoms with E-state index < -0.39 is 0 Å². The first-order valence-electron chi connectivity index (χ1n) is 6.66. The molecule has 0 aliphatic carbocycles. The molecule has 2 aromatic rings. The zero-order valence-electron chi connectivity index (χ0n) is 11.0.